The lowest BCUT2D eigenvalue weighted by Crippen LogP contribution is -2.20. The van der Waals surface area contributed by atoms with E-state index in [-0.39, 0.29) is 24.1 Å². The molecule has 2 rings (SSSR count). The van der Waals surface area contributed by atoms with E-state index in [1.54, 1.807) is 29.9 Å². The fraction of sp³-hybridized carbons (Fsp3) is 0.286. The molecule has 0 aliphatic heterocycles. The third-order valence-electron chi connectivity index (χ3n) is 2.77. The molecule has 2 aromatic rings. The number of aryl methyl sites for hydroxylation is 1. The molecule has 1 aromatic carbocycles. The van der Waals surface area contributed by atoms with Gasteiger partial charge in [0, 0.05) is 19.0 Å². The van der Waals surface area contributed by atoms with Gasteiger partial charge < -0.3 is 10.6 Å². The summed E-state index contributed by atoms with van der Waals surface area (Å²) in [7, 11) is 1.79. The van der Waals surface area contributed by atoms with Crippen molar-refractivity contribution in [3.63, 3.8) is 0 Å². The number of halogens is 2. The van der Waals surface area contributed by atoms with Crippen molar-refractivity contribution in [3.8, 4) is 5.69 Å². The minimum Gasteiger partial charge on any atom is -0.319 e. The van der Waals surface area contributed by atoms with Gasteiger partial charge in [0.2, 0.25) is 5.91 Å². The molecule has 0 fully saturated rings. The van der Waals surface area contributed by atoms with Gasteiger partial charge in [0.05, 0.1) is 11.4 Å². The van der Waals surface area contributed by atoms with E-state index in [9.17, 15) is 9.18 Å². The number of hydrogen-bond donors (Lipinski definition) is 2. The molecule has 0 saturated heterocycles. The fourth-order valence-corrected chi connectivity index (χ4v) is 1.81. The smallest absolute Gasteiger partial charge is 0.226 e. The molecule has 0 aliphatic carbocycles. The molecule has 0 aliphatic rings. The summed E-state index contributed by atoms with van der Waals surface area (Å²) in [6.07, 6.45) is 0.379. The van der Waals surface area contributed by atoms with Gasteiger partial charge in [0.15, 0.2) is 0 Å². The second kappa shape index (κ2) is 7.75. The number of anilines is 1. The first-order chi connectivity index (χ1) is 9.60. The van der Waals surface area contributed by atoms with Crippen molar-refractivity contribution >= 4 is 24.1 Å². The highest BCUT2D eigenvalue weighted by Gasteiger charge is 2.10. The molecule has 7 heteroatoms. The van der Waals surface area contributed by atoms with Crippen LogP contribution in [0.25, 0.3) is 5.69 Å². The van der Waals surface area contributed by atoms with Gasteiger partial charge in [-0.15, -0.1) is 12.4 Å². The Balaban J connectivity index is 0.00000220. The summed E-state index contributed by atoms with van der Waals surface area (Å²) < 4.78 is 14.5. The summed E-state index contributed by atoms with van der Waals surface area (Å²) in [5.41, 5.74) is 1.47. The summed E-state index contributed by atoms with van der Waals surface area (Å²) >= 11 is 0. The molecule has 0 radical (unpaired) electrons. The van der Waals surface area contributed by atoms with E-state index in [0.717, 1.165) is 5.69 Å². The Kier molecular flexibility index (Phi) is 6.33. The summed E-state index contributed by atoms with van der Waals surface area (Å²) in [6, 6.07) is 7.73. The molecule has 0 atom stereocenters. The average molecular weight is 313 g/mol. The minimum atomic E-state index is -0.308. The highest BCUT2D eigenvalue weighted by Crippen LogP contribution is 2.17. The van der Waals surface area contributed by atoms with Crippen molar-refractivity contribution in [2.75, 3.05) is 18.9 Å². The largest absolute Gasteiger partial charge is 0.319 e. The number of hydrogen-bond acceptors (Lipinski definition) is 3. The van der Waals surface area contributed by atoms with Gasteiger partial charge in [-0.1, -0.05) is 0 Å². The Morgan fingerprint density at radius 2 is 2.00 bits per heavy atom. The molecule has 1 aromatic heterocycles. The molecule has 1 heterocycles. The topological polar surface area (TPSA) is 59.0 Å². The number of carbonyl (C=O) groups is 1. The third kappa shape index (κ3) is 4.54. The fourth-order valence-electron chi connectivity index (χ4n) is 1.81. The zero-order valence-electron chi connectivity index (χ0n) is 11.9. The van der Waals surface area contributed by atoms with Crippen molar-refractivity contribution in [2.45, 2.75) is 13.3 Å². The molecule has 2 N–H and O–H groups in total. The van der Waals surface area contributed by atoms with Crippen LogP contribution in [0.15, 0.2) is 30.3 Å². The highest BCUT2D eigenvalue weighted by molar-refractivity contribution is 5.90. The lowest BCUT2D eigenvalue weighted by Gasteiger charge is -2.08. The van der Waals surface area contributed by atoms with Crippen LogP contribution in [-0.4, -0.2) is 29.3 Å². The van der Waals surface area contributed by atoms with E-state index in [2.05, 4.69) is 15.7 Å². The average Bonchev–Trinajstić information content (AvgIpc) is 2.78. The van der Waals surface area contributed by atoms with Crippen molar-refractivity contribution in [1.29, 1.82) is 0 Å². The van der Waals surface area contributed by atoms with E-state index in [0.29, 0.717) is 24.5 Å². The van der Waals surface area contributed by atoms with E-state index < -0.39 is 0 Å². The number of aromatic nitrogens is 2. The molecule has 0 unspecified atom stereocenters. The second-order valence-electron chi connectivity index (χ2n) is 4.46. The molecule has 0 saturated carbocycles. The molecular formula is C14H18ClFN4O. The zero-order chi connectivity index (χ0) is 14.5. The van der Waals surface area contributed by atoms with E-state index in [4.69, 9.17) is 0 Å². The molecule has 0 spiro atoms. The third-order valence-corrected chi connectivity index (χ3v) is 2.77. The Morgan fingerprint density at radius 3 is 2.62 bits per heavy atom. The van der Waals surface area contributed by atoms with Crippen molar-refractivity contribution in [1.82, 2.24) is 15.1 Å². The van der Waals surface area contributed by atoms with Crippen molar-refractivity contribution in [2.24, 2.45) is 0 Å². The van der Waals surface area contributed by atoms with Gasteiger partial charge >= 0.3 is 0 Å². The Bertz CT molecular complexity index is 598. The number of carbonyl (C=O) groups excluding carboxylic acids is 1. The maximum Gasteiger partial charge on any atom is 0.226 e. The highest BCUT2D eigenvalue weighted by atomic mass is 35.5. The Morgan fingerprint density at radius 1 is 1.33 bits per heavy atom. The minimum absolute atomic E-state index is 0. The summed E-state index contributed by atoms with van der Waals surface area (Å²) in [5, 5.41) is 10.0. The Hall–Kier alpha value is -1.92. The van der Waals surface area contributed by atoms with Crippen LogP contribution < -0.4 is 10.6 Å². The molecule has 114 valence electrons. The lowest BCUT2D eigenvalue weighted by atomic mass is 10.3. The first kappa shape index (κ1) is 17.1. The van der Waals surface area contributed by atoms with Crippen LogP contribution >= 0.6 is 12.4 Å². The normalized spacial score (nSPS) is 10.0. The molecule has 0 bridgehead atoms. The van der Waals surface area contributed by atoms with Crippen molar-refractivity contribution in [3.05, 3.63) is 41.8 Å². The van der Waals surface area contributed by atoms with E-state index in [1.165, 1.54) is 12.1 Å². The standard InChI is InChI=1S/C14H17FN4O.ClH/c1-10-9-13(17-14(20)7-8-16-2)19(18-10)12-5-3-11(15)4-6-12;/h3-6,9,16H,7-8H2,1-2H3,(H,17,20);1H. The lowest BCUT2D eigenvalue weighted by molar-refractivity contribution is -0.116. The summed E-state index contributed by atoms with van der Waals surface area (Å²) in [5.74, 6) is 0.176. The molecule has 1 amide bonds. The maximum atomic E-state index is 13.0. The number of benzene rings is 1. The monoisotopic (exact) mass is 312 g/mol. The van der Waals surface area contributed by atoms with Crippen LogP contribution in [0.3, 0.4) is 0 Å². The van der Waals surface area contributed by atoms with Crippen molar-refractivity contribution < 1.29 is 9.18 Å². The van der Waals surface area contributed by atoms with Crippen LogP contribution in [0.4, 0.5) is 10.2 Å². The van der Waals surface area contributed by atoms with E-state index in [1.807, 2.05) is 6.92 Å². The Labute approximate surface area is 129 Å². The van der Waals surface area contributed by atoms with Crippen LogP contribution in [0.2, 0.25) is 0 Å². The second-order valence-corrected chi connectivity index (χ2v) is 4.46. The number of nitrogens with zero attached hydrogens (tertiary/aromatic N) is 2. The van der Waals surface area contributed by atoms with Gasteiger partial charge in [-0.25, -0.2) is 9.07 Å². The SMILES string of the molecule is CNCCC(=O)Nc1cc(C)nn1-c1ccc(F)cc1.Cl. The van der Waals surface area contributed by atoms with Gasteiger partial charge in [-0.05, 0) is 38.2 Å². The van der Waals surface area contributed by atoms with Gasteiger partial charge in [-0.3, -0.25) is 4.79 Å². The van der Waals surface area contributed by atoms with E-state index >= 15 is 0 Å². The van der Waals surface area contributed by atoms with Gasteiger partial charge in [0.25, 0.3) is 0 Å². The zero-order valence-corrected chi connectivity index (χ0v) is 12.7. The molecule has 5 nitrogen and oxygen atoms in total. The van der Waals surface area contributed by atoms with Gasteiger partial charge in [0.1, 0.15) is 11.6 Å². The van der Waals surface area contributed by atoms with Crippen LogP contribution in [-0.2, 0) is 4.79 Å². The summed E-state index contributed by atoms with van der Waals surface area (Å²) in [4.78, 5) is 11.8. The number of nitrogens with one attached hydrogen (secondary N) is 2. The van der Waals surface area contributed by atoms with Gasteiger partial charge in [-0.2, -0.15) is 5.10 Å². The summed E-state index contributed by atoms with van der Waals surface area (Å²) in [6.45, 7) is 2.44. The first-order valence-corrected chi connectivity index (χ1v) is 6.37. The van der Waals surface area contributed by atoms with Crippen LogP contribution in [0, 0.1) is 12.7 Å². The number of rotatable bonds is 5. The number of amides is 1. The van der Waals surface area contributed by atoms with Crippen LogP contribution in [0.5, 0.6) is 0 Å². The maximum absolute atomic E-state index is 13.0. The predicted molar refractivity (Wildman–Crippen MR) is 82.7 cm³/mol. The molecular weight excluding hydrogens is 295 g/mol. The molecule has 21 heavy (non-hydrogen) atoms. The van der Waals surface area contributed by atoms with Crippen LogP contribution in [0.1, 0.15) is 12.1 Å². The first-order valence-electron chi connectivity index (χ1n) is 6.37. The predicted octanol–water partition coefficient (Wildman–Crippen LogP) is 2.29. The quantitative estimate of drug-likeness (QED) is 0.890.